The lowest BCUT2D eigenvalue weighted by atomic mass is 10.1. The molecule has 4 heteroatoms. The number of aromatic nitrogens is 1. The van der Waals surface area contributed by atoms with Gasteiger partial charge in [0.1, 0.15) is 0 Å². The zero-order valence-electron chi connectivity index (χ0n) is 8.30. The van der Waals surface area contributed by atoms with E-state index in [1.54, 1.807) is 6.07 Å². The fourth-order valence-electron chi connectivity index (χ4n) is 1.60. The van der Waals surface area contributed by atoms with Crippen molar-refractivity contribution in [3.05, 3.63) is 44.7 Å². The van der Waals surface area contributed by atoms with Gasteiger partial charge in [0.25, 0.3) is 5.56 Å². The van der Waals surface area contributed by atoms with Crippen molar-refractivity contribution in [3.63, 3.8) is 0 Å². The molecule has 3 nitrogen and oxygen atoms in total. The number of fused-ring (bicyclic) bond motifs is 1. The number of aromatic amines is 1. The van der Waals surface area contributed by atoms with Crippen LogP contribution in [0.4, 0.5) is 0 Å². The summed E-state index contributed by atoms with van der Waals surface area (Å²) in [4.78, 5) is 14.3. The Balaban J connectivity index is 2.92. The van der Waals surface area contributed by atoms with E-state index >= 15 is 0 Å². The standard InChI is InChI=1S/C11H11ClN2O/c1-6-2-3-9(12)8-4-7(5-13)11(15)14-10(6)8/h2-4H,5,13H2,1H3,(H,14,15). The molecule has 0 bridgehead atoms. The van der Waals surface area contributed by atoms with Crippen molar-refractivity contribution in [2.24, 2.45) is 5.73 Å². The molecule has 0 atom stereocenters. The number of hydrogen-bond acceptors (Lipinski definition) is 2. The SMILES string of the molecule is Cc1ccc(Cl)c2cc(CN)c(=O)[nH]c12. The van der Waals surface area contributed by atoms with Gasteiger partial charge in [0.15, 0.2) is 0 Å². The number of benzene rings is 1. The van der Waals surface area contributed by atoms with Crippen molar-refractivity contribution in [1.29, 1.82) is 0 Å². The second-order valence-corrected chi connectivity index (χ2v) is 3.89. The zero-order chi connectivity index (χ0) is 11.0. The Bertz CT molecular complexity index is 575. The predicted molar refractivity (Wildman–Crippen MR) is 62.2 cm³/mol. The average molecular weight is 223 g/mol. The summed E-state index contributed by atoms with van der Waals surface area (Å²) in [6.07, 6.45) is 0. The lowest BCUT2D eigenvalue weighted by Crippen LogP contribution is -2.15. The fourth-order valence-corrected chi connectivity index (χ4v) is 1.81. The molecule has 1 aromatic heterocycles. The molecule has 78 valence electrons. The van der Waals surface area contributed by atoms with E-state index in [9.17, 15) is 4.79 Å². The Morgan fingerprint density at radius 3 is 2.87 bits per heavy atom. The van der Waals surface area contributed by atoms with Gasteiger partial charge in [-0.15, -0.1) is 0 Å². The lowest BCUT2D eigenvalue weighted by molar-refractivity contribution is 1.03. The summed E-state index contributed by atoms with van der Waals surface area (Å²) in [6, 6.07) is 5.45. The third-order valence-electron chi connectivity index (χ3n) is 2.47. The molecule has 2 rings (SSSR count). The topological polar surface area (TPSA) is 58.9 Å². The molecular formula is C11H11ClN2O. The molecule has 0 saturated heterocycles. The van der Waals surface area contributed by atoms with Crippen molar-refractivity contribution in [2.45, 2.75) is 13.5 Å². The molecule has 0 spiro atoms. The van der Waals surface area contributed by atoms with Gasteiger partial charge in [-0.25, -0.2) is 0 Å². The monoisotopic (exact) mass is 222 g/mol. The largest absolute Gasteiger partial charge is 0.326 e. The molecule has 3 N–H and O–H groups in total. The number of nitrogens with one attached hydrogen (secondary N) is 1. The van der Waals surface area contributed by atoms with Crippen molar-refractivity contribution in [2.75, 3.05) is 0 Å². The van der Waals surface area contributed by atoms with Gasteiger partial charge in [-0.05, 0) is 24.6 Å². The first-order chi connectivity index (χ1) is 7.13. The van der Waals surface area contributed by atoms with Gasteiger partial charge >= 0.3 is 0 Å². The van der Waals surface area contributed by atoms with Gasteiger partial charge in [-0.3, -0.25) is 4.79 Å². The van der Waals surface area contributed by atoms with Crippen LogP contribution in [0.5, 0.6) is 0 Å². The van der Waals surface area contributed by atoms with E-state index in [0.717, 1.165) is 16.5 Å². The van der Waals surface area contributed by atoms with E-state index in [0.29, 0.717) is 10.6 Å². The third kappa shape index (κ3) is 1.64. The van der Waals surface area contributed by atoms with E-state index in [4.69, 9.17) is 17.3 Å². The van der Waals surface area contributed by atoms with Gasteiger partial charge in [0.05, 0.1) is 5.52 Å². The summed E-state index contributed by atoms with van der Waals surface area (Å²) in [5.41, 5.74) is 7.65. The third-order valence-corrected chi connectivity index (χ3v) is 2.80. The Hall–Kier alpha value is -1.32. The van der Waals surface area contributed by atoms with Gasteiger partial charge in [0, 0.05) is 22.5 Å². The minimum absolute atomic E-state index is 0.143. The number of pyridine rings is 1. The van der Waals surface area contributed by atoms with E-state index < -0.39 is 0 Å². The van der Waals surface area contributed by atoms with Crippen LogP contribution in [0.25, 0.3) is 10.9 Å². The Morgan fingerprint density at radius 1 is 1.47 bits per heavy atom. The Kier molecular flexibility index (Phi) is 2.50. The van der Waals surface area contributed by atoms with Crippen LogP contribution in [0.3, 0.4) is 0 Å². The van der Waals surface area contributed by atoms with Crippen LogP contribution in [0.1, 0.15) is 11.1 Å². The molecule has 1 heterocycles. The molecule has 1 aromatic carbocycles. The first-order valence-corrected chi connectivity index (χ1v) is 5.02. The second-order valence-electron chi connectivity index (χ2n) is 3.48. The number of hydrogen-bond donors (Lipinski definition) is 2. The molecule has 0 unspecified atom stereocenters. The maximum absolute atomic E-state index is 11.5. The normalized spacial score (nSPS) is 10.9. The summed E-state index contributed by atoms with van der Waals surface area (Å²) < 4.78 is 0. The van der Waals surface area contributed by atoms with Crippen LogP contribution < -0.4 is 11.3 Å². The van der Waals surface area contributed by atoms with E-state index in [2.05, 4.69) is 4.98 Å². The maximum Gasteiger partial charge on any atom is 0.252 e. The van der Waals surface area contributed by atoms with E-state index in [1.807, 2.05) is 19.1 Å². The molecule has 0 aliphatic rings. The average Bonchev–Trinajstić information content (AvgIpc) is 2.23. The number of halogens is 1. The van der Waals surface area contributed by atoms with Crippen LogP contribution in [-0.4, -0.2) is 4.98 Å². The highest BCUT2D eigenvalue weighted by Gasteiger charge is 2.06. The molecular weight excluding hydrogens is 212 g/mol. The Morgan fingerprint density at radius 2 is 2.20 bits per heavy atom. The molecule has 0 radical (unpaired) electrons. The first kappa shape index (κ1) is 10.2. The highest BCUT2D eigenvalue weighted by Crippen LogP contribution is 2.24. The number of nitrogens with two attached hydrogens (primary N) is 1. The van der Waals surface area contributed by atoms with Crippen molar-refractivity contribution < 1.29 is 0 Å². The van der Waals surface area contributed by atoms with Crippen LogP contribution >= 0.6 is 11.6 Å². The minimum Gasteiger partial charge on any atom is -0.326 e. The quantitative estimate of drug-likeness (QED) is 0.775. The van der Waals surface area contributed by atoms with Crippen LogP contribution in [0, 0.1) is 6.92 Å². The summed E-state index contributed by atoms with van der Waals surface area (Å²) in [5, 5.41) is 1.47. The summed E-state index contributed by atoms with van der Waals surface area (Å²) in [6.45, 7) is 2.15. The Labute approximate surface area is 91.9 Å². The molecule has 0 fully saturated rings. The highest BCUT2D eigenvalue weighted by atomic mass is 35.5. The predicted octanol–water partition coefficient (Wildman–Crippen LogP) is 1.95. The van der Waals surface area contributed by atoms with Gasteiger partial charge in [-0.1, -0.05) is 17.7 Å². The first-order valence-electron chi connectivity index (χ1n) is 4.64. The number of aryl methyl sites for hydroxylation is 1. The van der Waals surface area contributed by atoms with Crippen molar-refractivity contribution in [1.82, 2.24) is 4.98 Å². The lowest BCUT2D eigenvalue weighted by Gasteiger charge is -2.05. The van der Waals surface area contributed by atoms with E-state index in [-0.39, 0.29) is 12.1 Å². The zero-order valence-corrected chi connectivity index (χ0v) is 9.06. The summed E-state index contributed by atoms with van der Waals surface area (Å²) in [5.74, 6) is 0. The van der Waals surface area contributed by atoms with Gasteiger partial charge in [-0.2, -0.15) is 0 Å². The smallest absolute Gasteiger partial charge is 0.252 e. The summed E-state index contributed by atoms with van der Waals surface area (Å²) >= 11 is 6.05. The molecule has 0 aliphatic heterocycles. The maximum atomic E-state index is 11.5. The number of rotatable bonds is 1. The van der Waals surface area contributed by atoms with Crippen LogP contribution in [0.2, 0.25) is 5.02 Å². The van der Waals surface area contributed by atoms with E-state index in [1.165, 1.54) is 0 Å². The van der Waals surface area contributed by atoms with Crippen molar-refractivity contribution in [3.8, 4) is 0 Å². The highest BCUT2D eigenvalue weighted by molar-refractivity contribution is 6.35. The minimum atomic E-state index is -0.143. The molecule has 15 heavy (non-hydrogen) atoms. The second kappa shape index (κ2) is 3.68. The van der Waals surface area contributed by atoms with Crippen LogP contribution in [-0.2, 0) is 6.54 Å². The number of H-pyrrole nitrogens is 1. The van der Waals surface area contributed by atoms with Crippen LogP contribution in [0.15, 0.2) is 23.0 Å². The molecule has 0 amide bonds. The molecule has 0 saturated carbocycles. The summed E-state index contributed by atoms with van der Waals surface area (Å²) in [7, 11) is 0. The van der Waals surface area contributed by atoms with Crippen molar-refractivity contribution >= 4 is 22.5 Å². The molecule has 2 aromatic rings. The fraction of sp³-hybridized carbons (Fsp3) is 0.182. The molecule has 0 aliphatic carbocycles. The van der Waals surface area contributed by atoms with Gasteiger partial charge < -0.3 is 10.7 Å². The van der Waals surface area contributed by atoms with Gasteiger partial charge in [0.2, 0.25) is 0 Å².